The average molecular weight is 338 g/mol. The summed E-state index contributed by atoms with van der Waals surface area (Å²) in [5.41, 5.74) is 1.19. The largest absolute Gasteiger partial charge is 0.393 e. The van der Waals surface area contributed by atoms with Crippen molar-refractivity contribution in [2.75, 3.05) is 19.6 Å². The van der Waals surface area contributed by atoms with Crippen molar-refractivity contribution in [3.8, 4) is 0 Å². The molecule has 0 atom stereocenters. The summed E-state index contributed by atoms with van der Waals surface area (Å²) in [6.45, 7) is 4.05. The van der Waals surface area contributed by atoms with Crippen LogP contribution in [0.2, 0.25) is 0 Å². The first kappa shape index (κ1) is 14.0. The molecule has 1 fully saturated rings. The third-order valence-corrected chi connectivity index (χ3v) is 4.60. The number of aliphatic hydroxyl groups is 1. The van der Waals surface area contributed by atoms with Crippen molar-refractivity contribution in [2.24, 2.45) is 0 Å². The summed E-state index contributed by atoms with van der Waals surface area (Å²) in [6, 6.07) is 8.30. The van der Waals surface area contributed by atoms with Crippen molar-refractivity contribution in [1.29, 1.82) is 0 Å². The molecule has 20 heavy (non-hydrogen) atoms. The molecule has 1 aliphatic rings. The molecule has 0 spiro atoms. The van der Waals surface area contributed by atoms with Gasteiger partial charge in [0.05, 0.1) is 11.6 Å². The van der Waals surface area contributed by atoms with E-state index >= 15 is 0 Å². The third kappa shape index (κ3) is 3.05. The van der Waals surface area contributed by atoms with Gasteiger partial charge >= 0.3 is 0 Å². The van der Waals surface area contributed by atoms with E-state index in [1.807, 2.05) is 6.07 Å². The van der Waals surface area contributed by atoms with Crippen LogP contribution >= 0.6 is 15.9 Å². The summed E-state index contributed by atoms with van der Waals surface area (Å²) in [6.07, 6.45) is 2.83. The number of aliphatic hydroxyl groups excluding tert-OH is 1. The highest BCUT2D eigenvalue weighted by molar-refractivity contribution is 9.10. The maximum atomic E-state index is 9.51. The number of hydrogen-bond acceptors (Lipinski definition) is 3. The number of aryl methyl sites for hydroxylation is 1. The highest BCUT2D eigenvalue weighted by Crippen LogP contribution is 2.23. The Bertz CT molecular complexity index is 576. The molecule has 1 saturated heterocycles. The van der Waals surface area contributed by atoms with Gasteiger partial charge in [-0.1, -0.05) is 18.2 Å². The minimum absolute atomic E-state index is 0.0859. The van der Waals surface area contributed by atoms with E-state index in [2.05, 4.69) is 48.8 Å². The van der Waals surface area contributed by atoms with Gasteiger partial charge in [0.25, 0.3) is 0 Å². The Balaban J connectivity index is 1.57. The molecule has 0 bridgehead atoms. The van der Waals surface area contributed by atoms with Crippen molar-refractivity contribution in [2.45, 2.75) is 31.9 Å². The second kappa shape index (κ2) is 6.24. The molecule has 0 aliphatic carbocycles. The van der Waals surface area contributed by atoms with E-state index in [1.54, 1.807) is 0 Å². The highest BCUT2D eigenvalue weighted by Gasteiger charge is 2.16. The second-order valence-corrected chi connectivity index (χ2v) is 6.21. The third-order valence-electron chi connectivity index (χ3n) is 4.01. The molecule has 1 aromatic heterocycles. The molecule has 2 heterocycles. The van der Waals surface area contributed by atoms with Gasteiger partial charge in [-0.3, -0.25) is 4.68 Å². The molecular formula is C15H20BrN3O. The van der Waals surface area contributed by atoms with E-state index in [0.717, 1.165) is 50.0 Å². The van der Waals surface area contributed by atoms with E-state index < -0.39 is 0 Å². The fourth-order valence-electron chi connectivity index (χ4n) is 2.84. The van der Waals surface area contributed by atoms with Gasteiger partial charge in [-0.25, -0.2) is 0 Å². The SMILES string of the molecule is OC1CCN(CCCn2nc(Br)c3ccccc32)CC1. The van der Waals surface area contributed by atoms with Crippen LogP contribution < -0.4 is 0 Å². The summed E-state index contributed by atoms with van der Waals surface area (Å²) in [5.74, 6) is 0. The van der Waals surface area contributed by atoms with Crippen molar-refractivity contribution in [3.63, 3.8) is 0 Å². The Morgan fingerprint density at radius 3 is 2.75 bits per heavy atom. The Kier molecular flexibility index (Phi) is 4.38. The molecule has 3 rings (SSSR count). The minimum atomic E-state index is -0.0859. The smallest absolute Gasteiger partial charge is 0.135 e. The molecule has 108 valence electrons. The zero-order valence-corrected chi connectivity index (χ0v) is 13.1. The Morgan fingerprint density at radius 1 is 1.20 bits per heavy atom. The summed E-state index contributed by atoms with van der Waals surface area (Å²) in [4.78, 5) is 2.44. The molecule has 0 unspecified atom stereocenters. The second-order valence-electron chi connectivity index (χ2n) is 5.46. The van der Waals surface area contributed by atoms with Gasteiger partial charge in [-0.05, 0) is 47.8 Å². The van der Waals surface area contributed by atoms with Gasteiger partial charge in [0, 0.05) is 25.0 Å². The standard InChI is InChI=1S/C15H20BrN3O/c16-15-13-4-1-2-5-14(13)19(17-15)9-3-8-18-10-6-12(20)7-11-18/h1-2,4-5,12,20H,3,6-11H2. The van der Waals surface area contributed by atoms with Crippen LogP contribution in [0.3, 0.4) is 0 Å². The Hall–Kier alpha value is -0.910. The van der Waals surface area contributed by atoms with E-state index in [1.165, 1.54) is 10.9 Å². The van der Waals surface area contributed by atoms with Crippen molar-refractivity contribution >= 4 is 26.8 Å². The summed E-state index contributed by atoms with van der Waals surface area (Å²) in [7, 11) is 0. The minimum Gasteiger partial charge on any atom is -0.393 e. The molecule has 0 amide bonds. The number of fused-ring (bicyclic) bond motifs is 1. The Labute approximate surface area is 127 Å². The number of halogens is 1. The summed E-state index contributed by atoms with van der Waals surface area (Å²) in [5, 5.41) is 15.2. The lowest BCUT2D eigenvalue weighted by Gasteiger charge is -2.29. The van der Waals surface area contributed by atoms with Gasteiger partial charge in [0.15, 0.2) is 0 Å². The van der Waals surface area contributed by atoms with Crippen molar-refractivity contribution in [1.82, 2.24) is 14.7 Å². The molecule has 4 nitrogen and oxygen atoms in total. The van der Waals surface area contributed by atoms with Crippen LogP contribution in [-0.4, -0.2) is 45.5 Å². The quantitative estimate of drug-likeness (QED) is 0.932. The summed E-state index contributed by atoms with van der Waals surface area (Å²) < 4.78 is 3.01. The van der Waals surface area contributed by atoms with Gasteiger partial charge in [0.1, 0.15) is 4.60 Å². The predicted molar refractivity (Wildman–Crippen MR) is 83.7 cm³/mol. The lowest BCUT2D eigenvalue weighted by molar-refractivity contribution is 0.0814. The first-order valence-electron chi connectivity index (χ1n) is 7.25. The van der Waals surface area contributed by atoms with Crippen LogP contribution in [0, 0.1) is 0 Å². The van der Waals surface area contributed by atoms with Gasteiger partial charge in [0.2, 0.25) is 0 Å². The van der Waals surface area contributed by atoms with Crippen LogP contribution in [0.4, 0.5) is 0 Å². The maximum Gasteiger partial charge on any atom is 0.135 e. The number of piperidine rings is 1. The van der Waals surface area contributed by atoms with Crippen LogP contribution in [-0.2, 0) is 6.54 Å². The topological polar surface area (TPSA) is 41.3 Å². The zero-order valence-electron chi connectivity index (χ0n) is 11.5. The lowest BCUT2D eigenvalue weighted by Crippen LogP contribution is -2.36. The average Bonchev–Trinajstić information content (AvgIpc) is 2.79. The van der Waals surface area contributed by atoms with Crippen molar-refractivity contribution < 1.29 is 5.11 Å². The van der Waals surface area contributed by atoms with Gasteiger partial charge in [-0.15, -0.1) is 0 Å². The predicted octanol–water partition coefficient (Wildman–Crippen LogP) is 2.65. The van der Waals surface area contributed by atoms with Gasteiger partial charge < -0.3 is 10.0 Å². The zero-order chi connectivity index (χ0) is 13.9. The van der Waals surface area contributed by atoms with E-state index in [-0.39, 0.29) is 6.10 Å². The number of likely N-dealkylation sites (tertiary alicyclic amines) is 1. The number of rotatable bonds is 4. The first-order chi connectivity index (χ1) is 9.74. The fourth-order valence-corrected chi connectivity index (χ4v) is 3.37. The number of nitrogens with zero attached hydrogens (tertiary/aromatic N) is 3. The number of para-hydroxylation sites is 1. The lowest BCUT2D eigenvalue weighted by atomic mass is 10.1. The monoisotopic (exact) mass is 337 g/mol. The first-order valence-corrected chi connectivity index (χ1v) is 8.05. The number of aromatic nitrogens is 2. The fraction of sp³-hybridized carbons (Fsp3) is 0.533. The van der Waals surface area contributed by atoms with Crippen LogP contribution in [0.1, 0.15) is 19.3 Å². The number of benzene rings is 1. The molecule has 1 aliphatic heterocycles. The molecule has 2 aromatic rings. The van der Waals surface area contributed by atoms with E-state index in [0.29, 0.717) is 0 Å². The summed E-state index contributed by atoms with van der Waals surface area (Å²) >= 11 is 3.52. The van der Waals surface area contributed by atoms with E-state index in [9.17, 15) is 5.11 Å². The molecular weight excluding hydrogens is 318 g/mol. The normalized spacial score (nSPS) is 17.9. The van der Waals surface area contributed by atoms with Crippen LogP contribution in [0.5, 0.6) is 0 Å². The highest BCUT2D eigenvalue weighted by atomic mass is 79.9. The van der Waals surface area contributed by atoms with Crippen LogP contribution in [0.25, 0.3) is 10.9 Å². The molecule has 1 N–H and O–H groups in total. The van der Waals surface area contributed by atoms with E-state index in [4.69, 9.17) is 0 Å². The van der Waals surface area contributed by atoms with Crippen molar-refractivity contribution in [3.05, 3.63) is 28.9 Å². The molecule has 0 saturated carbocycles. The van der Waals surface area contributed by atoms with Gasteiger partial charge in [-0.2, -0.15) is 5.10 Å². The molecule has 1 aromatic carbocycles. The van der Waals surface area contributed by atoms with Crippen LogP contribution in [0.15, 0.2) is 28.9 Å². The molecule has 5 heteroatoms. The molecule has 0 radical (unpaired) electrons. The Morgan fingerprint density at radius 2 is 1.95 bits per heavy atom. The maximum absolute atomic E-state index is 9.51. The number of hydrogen-bond donors (Lipinski definition) is 1.